The lowest BCUT2D eigenvalue weighted by atomic mass is 10.2. The van der Waals surface area contributed by atoms with Gasteiger partial charge in [-0.25, -0.2) is 9.78 Å². The van der Waals surface area contributed by atoms with E-state index in [-0.39, 0.29) is 6.61 Å². The Morgan fingerprint density at radius 2 is 2.12 bits per heavy atom. The number of pyridine rings is 1. The van der Waals surface area contributed by atoms with Crippen LogP contribution in [0.4, 0.5) is 0 Å². The Hall–Kier alpha value is -1.13. The van der Waals surface area contributed by atoms with Crippen molar-refractivity contribution in [3.63, 3.8) is 0 Å². The van der Waals surface area contributed by atoms with E-state index in [0.717, 1.165) is 12.1 Å². The molecule has 1 aromatic heterocycles. The molecule has 0 unspecified atom stereocenters. The first-order chi connectivity index (χ1) is 8.17. The summed E-state index contributed by atoms with van der Waals surface area (Å²) in [6.45, 7) is 5.09. The van der Waals surface area contributed by atoms with Gasteiger partial charge in [-0.2, -0.15) is 0 Å². The van der Waals surface area contributed by atoms with Gasteiger partial charge in [-0.1, -0.05) is 18.5 Å². The lowest BCUT2D eigenvalue weighted by Gasteiger charge is -2.06. The number of hydrogen-bond donors (Lipinski definition) is 0. The number of rotatable bonds is 6. The normalized spacial score (nSPS) is 10.3. The van der Waals surface area contributed by atoms with Gasteiger partial charge in [0.15, 0.2) is 0 Å². The summed E-state index contributed by atoms with van der Waals surface area (Å²) in [5.41, 5.74) is 1.20. The fourth-order valence-corrected chi connectivity index (χ4v) is 1.50. The van der Waals surface area contributed by atoms with Gasteiger partial charge in [0, 0.05) is 12.3 Å². The predicted octanol–water partition coefficient (Wildman–Crippen LogP) is 2.49. The van der Waals surface area contributed by atoms with Crippen LogP contribution in [0.3, 0.4) is 0 Å². The molecule has 1 aromatic rings. The van der Waals surface area contributed by atoms with Gasteiger partial charge in [-0.3, -0.25) is 0 Å². The van der Waals surface area contributed by atoms with Crippen LogP contribution in [0.1, 0.15) is 29.9 Å². The van der Waals surface area contributed by atoms with Crippen molar-refractivity contribution in [3.8, 4) is 0 Å². The molecule has 0 aliphatic rings. The van der Waals surface area contributed by atoms with Crippen LogP contribution in [0.15, 0.2) is 12.1 Å². The second-order valence-corrected chi connectivity index (χ2v) is 3.74. The van der Waals surface area contributed by atoms with Crippen molar-refractivity contribution in [1.29, 1.82) is 0 Å². The smallest absolute Gasteiger partial charge is 0.338 e. The molecule has 0 aliphatic carbocycles. The fourth-order valence-electron chi connectivity index (χ4n) is 1.27. The summed E-state index contributed by atoms with van der Waals surface area (Å²) < 4.78 is 10.1. The summed E-state index contributed by atoms with van der Waals surface area (Å²) in [5, 5.41) is 0.307. The summed E-state index contributed by atoms with van der Waals surface area (Å²) in [4.78, 5) is 15.7. The average molecular weight is 258 g/mol. The molecular weight excluding hydrogens is 242 g/mol. The third-order valence-corrected chi connectivity index (χ3v) is 2.30. The van der Waals surface area contributed by atoms with Crippen LogP contribution in [0.25, 0.3) is 0 Å². The predicted molar refractivity (Wildman–Crippen MR) is 65.4 cm³/mol. The van der Waals surface area contributed by atoms with Gasteiger partial charge >= 0.3 is 5.97 Å². The molecule has 0 bridgehead atoms. The molecule has 1 rings (SSSR count). The molecule has 0 N–H and O–H groups in total. The number of halogens is 1. The van der Waals surface area contributed by atoms with E-state index in [0.29, 0.717) is 23.9 Å². The number of aryl methyl sites for hydroxylation is 1. The van der Waals surface area contributed by atoms with E-state index in [1.807, 2.05) is 13.8 Å². The highest BCUT2D eigenvalue weighted by Gasteiger charge is 2.09. The lowest BCUT2D eigenvalue weighted by Crippen LogP contribution is -2.11. The highest BCUT2D eigenvalue weighted by molar-refractivity contribution is 6.29. The number of esters is 1. The molecule has 0 aromatic carbocycles. The van der Waals surface area contributed by atoms with Gasteiger partial charge in [0.05, 0.1) is 12.2 Å². The van der Waals surface area contributed by atoms with Crippen LogP contribution in [-0.4, -0.2) is 30.8 Å². The van der Waals surface area contributed by atoms with Gasteiger partial charge < -0.3 is 9.47 Å². The van der Waals surface area contributed by atoms with Gasteiger partial charge in [-0.15, -0.1) is 0 Å². The van der Waals surface area contributed by atoms with Gasteiger partial charge in [0.2, 0.25) is 0 Å². The number of ether oxygens (including phenoxy) is 2. The summed E-state index contributed by atoms with van der Waals surface area (Å²) in [6.07, 6.45) is 0.722. The summed E-state index contributed by atoms with van der Waals surface area (Å²) in [5.74, 6) is -0.399. The first kappa shape index (κ1) is 13.9. The zero-order valence-electron chi connectivity index (χ0n) is 10.0. The van der Waals surface area contributed by atoms with Crippen LogP contribution in [0, 0.1) is 0 Å². The average Bonchev–Trinajstić information content (AvgIpc) is 2.33. The second-order valence-electron chi connectivity index (χ2n) is 3.36. The maximum absolute atomic E-state index is 11.7. The summed E-state index contributed by atoms with van der Waals surface area (Å²) in [7, 11) is 0. The SMILES string of the molecule is CCOCCOC(=O)c1cc(Cl)nc(CC)c1. The molecule has 17 heavy (non-hydrogen) atoms. The van der Waals surface area contributed by atoms with Crippen molar-refractivity contribution < 1.29 is 14.3 Å². The van der Waals surface area contributed by atoms with E-state index in [9.17, 15) is 4.79 Å². The molecule has 1 heterocycles. The van der Waals surface area contributed by atoms with Crippen molar-refractivity contribution in [2.45, 2.75) is 20.3 Å². The number of carbonyl (C=O) groups excluding carboxylic acids is 1. The van der Waals surface area contributed by atoms with E-state index in [4.69, 9.17) is 21.1 Å². The molecular formula is C12H16ClNO3. The summed E-state index contributed by atoms with van der Waals surface area (Å²) >= 11 is 5.81. The quantitative estimate of drug-likeness (QED) is 0.446. The molecule has 0 atom stereocenters. The Bertz CT molecular complexity index is 382. The third-order valence-electron chi connectivity index (χ3n) is 2.11. The topological polar surface area (TPSA) is 48.4 Å². The van der Waals surface area contributed by atoms with Gasteiger partial charge in [0.1, 0.15) is 11.8 Å². The van der Waals surface area contributed by atoms with Crippen LogP contribution in [0.2, 0.25) is 5.15 Å². The van der Waals surface area contributed by atoms with Crippen LogP contribution in [-0.2, 0) is 15.9 Å². The van der Waals surface area contributed by atoms with Crippen molar-refractivity contribution in [2.24, 2.45) is 0 Å². The molecule has 0 fully saturated rings. The number of nitrogens with zero attached hydrogens (tertiary/aromatic N) is 1. The highest BCUT2D eigenvalue weighted by atomic mass is 35.5. The molecule has 4 nitrogen and oxygen atoms in total. The molecule has 0 radical (unpaired) electrons. The number of carbonyl (C=O) groups is 1. The van der Waals surface area contributed by atoms with Crippen molar-refractivity contribution in [2.75, 3.05) is 19.8 Å². The van der Waals surface area contributed by atoms with E-state index < -0.39 is 5.97 Å². The van der Waals surface area contributed by atoms with E-state index in [1.54, 1.807) is 6.07 Å². The van der Waals surface area contributed by atoms with Crippen molar-refractivity contribution in [1.82, 2.24) is 4.98 Å². The molecule has 0 saturated carbocycles. The molecule has 0 aliphatic heterocycles. The maximum Gasteiger partial charge on any atom is 0.338 e. The molecule has 0 amide bonds. The zero-order chi connectivity index (χ0) is 12.7. The number of hydrogen-bond acceptors (Lipinski definition) is 4. The Morgan fingerprint density at radius 1 is 1.35 bits per heavy atom. The number of aromatic nitrogens is 1. The van der Waals surface area contributed by atoms with Crippen molar-refractivity contribution >= 4 is 17.6 Å². The Morgan fingerprint density at radius 3 is 2.76 bits per heavy atom. The van der Waals surface area contributed by atoms with E-state index >= 15 is 0 Å². The zero-order valence-corrected chi connectivity index (χ0v) is 10.8. The minimum absolute atomic E-state index is 0.244. The molecule has 5 heteroatoms. The molecule has 0 saturated heterocycles. The van der Waals surface area contributed by atoms with Crippen LogP contribution in [0.5, 0.6) is 0 Å². The van der Waals surface area contributed by atoms with E-state index in [2.05, 4.69) is 4.98 Å². The lowest BCUT2D eigenvalue weighted by molar-refractivity contribution is 0.0335. The minimum atomic E-state index is -0.399. The monoisotopic (exact) mass is 257 g/mol. The highest BCUT2D eigenvalue weighted by Crippen LogP contribution is 2.12. The fraction of sp³-hybridized carbons (Fsp3) is 0.500. The molecule has 94 valence electrons. The Kier molecular flexibility index (Phi) is 5.94. The van der Waals surface area contributed by atoms with E-state index in [1.165, 1.54) is 6.07 Å². The maximum atomic E-state index is 11.7. The van der Waals surface area contributed by atoms with Crippen LogP contribution < -0.4 is 0 Å². The minimum Gasteiger partial charge on any atom is -0.460 e. The second kappa shape index (κ2) is 7.25. The van der Waals surface area contributed by atoms with Gasteiger partial charge in [0.25, 0.3) is 0 Å². The van der Waals surface area contributed by atoms with Crippen LogP contribution >= 0.6 is 11.6 Å². The Balaban J connectivity index is 2.59. The first-order valence-corrected chi connectivity index (χ1v) is 5.96. The third kappa shape index (κ3) is 4.71. The largest absolute Gasteiger partial charge is 0.460 e. The molecule has 0 spiro atoms. The Labute approximate surface area is 106 Å². The standard InChI is InChI=1S/C12H16ClNO3/c1-3-10-7-9(8-11(13)14-10)12(15)17-6-5-16-4-2/h7-8H,3-6H2,1-2H3. The first-order valence-electron chi connectivity index (χ1n) is 5.58. The summed E-state index contributed by atoms with van der Waals surface area (Å²) in [6, 6.07) is 3.19. The van der Waals surface area contributed by atoms with Crippen molar-refractivity contribution in [3.05, 3.63) is 28.5 Å². The van der Waals surface area contributed by atoms with Gasteiger partial charge in [-0.05, 0) is 25.5 Å².